The van der Waals surface area contributed by atoms with Gasteiger partial charge in [0.05, 0.1) is 6.26 Å². The average Bonchev–Trinajstić information content (AvgIpc) is 2.90. The number of esters is 1. The van der Waals surface area contributed by atoms with Gasteiger partial charge in [0.2, 0.25) is 0 Å². The minimum atomic E-state index is -0.563. The summed E-state index contributed by atoms with van der Waals surface area (Å²) in [5, 5.41) is 2.72. The number of furan rings is 1. The Morgan fingerprint density at radius 1 is 1.19 bits per heavy atom. The second kappa shape index (κ2) is 6.74. The first-order valence-corrected chi connectivity index (χ1v) is 6.60. The van der Waals surface area contributed by atoms with Crippen molar-refractivity contribution in [1.82, 2.24) is 5.32 Å². The first kappa shape index (κ1) is 14.8. The summed E-state index contributed by atoms with van der Waals surface area (Å²) in [4.78, 5) is 23.4. The van der Waals surface area contributed by atoms with Crippen molar-refractivity contribution < 1.29 is 18.7 Å². The van der Waals surface area contributed by atoms with Gasteiger partial charge in [-0.1, -0.05) is 24.3 Å². The lowest BCUT2D eigenvalue weighted by atomic mass is 10.1. The maximum atomic E-state index is 11.7. The molecule has 2 aromatic rings. The molecule has 0 atom stereocenters. The van der Waals surface area contributed by atoms with E-state index >= 15 is 0 Å². The summed E-state index contributed by atoms with van der Waals surface area (Å²) >= 11 is 0. The molecule has 5 nitrogen and oxygen atoms in total. The largest absolute Gasteiger partial charge is 0.469 e. The zero-order valence-electron chi connectivity index (χ0n) is 12.0. The van der Waals surface area contributed by atoms with Crippen molar-refractivity contribution in [3.63, 3.8) is 0 Å². The second-order valence-electron chi connectivity index (χ2n) is 4.67. The lowest BCUT2D eigenvalue weighted by Crippen LogP contribution is -2.28. The molecule has 0 aliphatic rings. The van der Waals surface area contributed by atoms with Crippen molar-refractivity contribution in [2.45, 2.75) is 20.4 Å². The lowest BCUT2D eigenvalue weighted by Gasteiger charge is -2.08. The molecule has 1 N–H and O–H groups in total. The minimum absolute atomic E-state index is 0.310. The van der Waals surface area contributed by atoms with Gasteiger partial charge in [-0.2, -0.15) is 0 Å². The molecule has 0 spiro atoms. The molecule has 0 saturated carbocycles. The number of carbonyl (C=O) groups excluding carboxylic acids is 2. The van der Waals surface area contributed by atoms with Crippen LogP contribution in [-0.4, -0.2) is 18.5 Å². The summed E-state index contributed by atoms with van der Waals surface area (Å²) in [7, 11) is 0. The Labute approximate surface area is 122 Å². The summed E-state index contributed by atoms with van der Waals surface area (Å²) in [5.41, 5.74) is 2.47. The summed E-state index contributed by atoms with van der Waals surface area (Å²) in [5.74, 6) is -0.430. The first-order valence-electron chi connectivity index (χ1n) is 6.60. The van der Waals surface area contributed by atoms with Gasteiger partial charge in [0, 0.05) is 6.54 Å². The van der Waals surface area contributed by atoms with Gasteiger partial charge in [-0.25, -0.2) is 4.79 Å². The van der Waals surface area contributed by atoms with E-state index in [0.717, 1.165) is 11.1 Å². The molecule has 0 radical (unpaired) electrons. The molecule has 1 heterocycles. The predicted molar refractivity (Wildman–Crippen MR) is 76.8 cm³/mol. The summed E-state index contributed by atoms with van der Waals surface area (Å²) in [6, 6.07) is 9.29. The van der Waals surface area contributed by atoms with Crippen LogP contribution in [-0.2, 0) is 16.1 Å². The summed E-state index contributed by atoms with van der Waals surface area (Å²) in [6.07, 6.45) is 1.41. The number of nitrogens with one attached hydrogen (secondary N) is 1. The van der Waals surface area contributed by atoms with Gasteiger partial charge in [-0.15, -0.1) is 0 Å². The Balaban J connectivity index is 1.79. The van der Waals surface area contributed by atoms with Crippen LogP contribution in [0.2, 0.25) is 0 Å². The molecule has 0 bridgehead atoms. The van der Waals surface area contributed by atoms with E-state index in [0.29, 0.717) is 17.9 Å². The standard InChI is InChI=1S/C16H17NO4/c1-11-5-3-4-6-13(11)9-17-15(18)10-21-16(19)14-7-8-20-12(14)2/h3-8H,9-10H2,1-2H3,(H,17,18). The van der Waals surface area contributed by atoms with Gasteiger partial charge in [-0.3, -0.25) is 4.79 Å². The number of amides is 1. The number of carbonyl (C=O) groups is 2. The Morgan fingerprint density at radius 2 is 1.95 bits per heavy atom. The molecular formula is C16H17NO4. The number of rotatable bonds is 5. The van der Waals surface area contributed by atoms with Crippen LogP contribution < -0.4 is 5.32 Å². The van der Waals surface area contributed by atoms with E-state index < -0.39 is 5.97 Å². The zero-order chi connectivity index (χ0) is 15.2. The van der Waals surface area contributed by atoms with Gasteiger partial charge in [0.15, 0.2) is 6.61 Å². The van der Waals surface area contributed by atoms with E-state index in [1.165, 1.54) is 12.3 Å². The van der Waals surface area contributed by atoms with Crippen molar-refractivity contribution in [2.24, 2.45) is 0 Å². The Kier molecular flexibility index (Phi) is 4.77. The zero-order valence-corrected chi connectivity index (χ0v) is 12.0. The topological polar surface area (TPSA) is 68.5 Å². The van der Waals surface area contributed by atoms with Crippen LogP contribution >= 0.6 is 0 Å². The lowest BCUT2D eigenvalue weighted by molar-refractivity contribution is -0.124. The fourth-order valence-electron chi connectivity index (χ4n) is 1.86. The Hall–Kier alpha value is -2.56. The van der Waals surface area contributed by atoms with E-state index in [1.54, 1.807) is 6.92 Å². The van der Waals surface area contributed by atoms with Crippen LogP contribution in [0.4, 0.5) is 0 Å². The molecule has 1 aromatic carbocycles. The highest BCUT2D eigenvalue weighted by molar-refractivity contribution is 5.92. The van der Waals surface area contributed by atoms with Crippen LogP contribution in [0.1, 0.15) is 27.2 Å². The minimum Gasteiger partial charge on any atom is -0.469 e. The molecule has 0 unspecified atom stereocenters. The van der Waals surface area contributed by atoms with Crippen molar-refractivity contribution in [1.29, 1.82) is 0 Å². The third-order valence-electron chi connectivity index (χ3n) is 3.15. The molecule has 2 rings (SSSR count). The van der Waals surface area contributed by atoms with Gasteiger partial charge in [0.25, 0.3) is 5.91 Å². The molecule has 1 amide bonds. The van der Waals surface area contributed by atoms with Crippen molar-refractivity contribution in [3.05, 3.63) is 59.0 Å². The maximum absolute atomic E-state index is 11.7. The molecule has 110 valence electrons. The van der Waals surface area contributed by atoms with E-state index in [9.17, 15) is 9.59 Å². The number of aryl methyl sites for hydroxylation is 2. The highest BCUT2D eigenvalue weighted by Gasteiger charge is 2.14. The molecule has 0 aliphatic carbocycles. The van der Waals surface area contributed by atoms with E-state index in [4.69, 9.17) is 9.15 Å². The van der Waals surface area contributed by atoms with Crippen LogP contribution in [0, 0.1) is 13.8 Å². The fourth-order valence-corrected chi connectivity index (χ4v) is 1.86. The van der Waals surface area contributed by atoms with Crippen molar-refractivity contribution >= 4 is 11.9 Å². The van der Waals surface area contributed by atoms with Crippen LogP contribution in [0.15, 0.2) is 41.0 Å². The van der Waals surface area contributed by atoms with E-state index in [1.807, 2.05) is 31.2 Å². The third kappa shape index (κ3) is 3.95. The number of ether oxygens (including phenoxy) is 1. The van der Waals surface area contributed by atoms with E-state index in [2.05, 4.69) is 5.32 Å². The normalized spacial score (nSPS) is 10.2. The molecular weight excluding hydrogens is 270 g/mol. The number of hydrogen-bond donors (Lipinski definition) is 1. The second-order valence-corrected chi connectivity index (χ2v) is 4.67. The molecule has 0 saturated heterocycles. The number of hydrogen-bond acceptors (Lipinski definition) is 4. The van der Waals surface area contributed by atoms with Crippen LogP contribution in [0.25, 0.3) is 0 Å². The van der Waals surface area contributed by atoms with Gasteiger partial charge in [-0.05, 0) is 31.0 Å². The quantitative estimate of drug-likeness (QED) is 0.857. The molecule has 1 aromatic heterocycles. The monoisotopic (exact) mass is 287 g/mol. The maximum Gasteiger partial charge on any atom is 0.342 e. The third-order valence-corrected chi connectivity index (χ3v) is 3.15. The SMILES string of the molecule is Cc1ccccc1CNC(=O)COC(=O)c1ccoc1C. The molecule has 0 fully saturated rings. The highest BCUT2D eigenvalue weighted by Crippen LogP contribution is 2.10. The van der Waals surface area contributed by atoms with E-state index in [-0.39, 0.29) is 12.5 Å². The Morgan fingerprint density at radius 3 is 2.62 bits per heavy atom. The van der Waals surface area contributed by atoms with Gasteiger partial charge in [0.1, 0.15) is 11.3 Å². The number of benzene rings is 1. The van der Waals surface area contributed by atoms with Gasteiger partial charge >= 0.3 is 5.97 Å². The van der Waals surface area contributed by atoms with Crippen LogP contribution in [0.5, 0.6) is 0 Å². The van der Waals surface area contributed by atoms with Crippen molar-refractivity contribution in [3.8, 4) is 0 Å². The molecule has 21 heavy (non-hydrogen) atoms. The average molecular weight is 287 g/mol. The molecule has 0 aliphatic heterocycles. The van der Waals surface area contributed by atoms with Crippen LogP contribution in [0.3, 0.4) is 0 Å². The smallest absolute Gasteiger partial charge is 0.342 e. The Bertz CT molecular complexity index is 645. The predicted octanol–water partition coefficient (Wildman–Crippen LogP) is 2.37. The molecule has 5 heteroatoms. The highest BCUT2D eigenvalue weighted by atomic mass is 16.5. The summed E-state index contributed by atoms with van der Waals surface area (Å²) < 4.78 is 9.95. The first-order chi connectivity index (χ1) is 10.1. The van der Waals surface area contributed by atoms with Gasteiger partial charge < -0.3 is 14.5 Å². The fraction of sp³-hybridized carbons (Fsp3) is 0.250. The summed E-state index contributed by atoms with van der Waals surface area (Å²) in [6.45, 7) is 3.74. The van der Waals surface area contributed by atoms with Crippen molar-refractivity contribution in [2.75, 3.05) is 6.61 Å².